The molecule has 0 saturated heterocycles. The van der Waals surface area contributed by atoms with Crippen molar-refractivity contribution in [2.24, 2.45) is 0 Å². The van der Waals surface area contributed by atoms with Crippen LogP contribution in [0.4, 0.5) is 5.69 Å². The van der Waals surface area contributed by atoms with E-state index in [0.717, 1.165) is 11.1 Å². The SMILES string of the molecule is CCC(=O)NC(C/C=C\COCCO)C(=O)C(=O)Nc1c(C)cccc1C. The van der Waals surface area contributed by atoms with Crippen LogP contribution in [-0.2, 0) is 19.1 Å². The first-order chi connectivity index (χ1) is 12.9. The van der Waals surface area contributed by atoms with E-state index in [-0.39, 0.29) is 38.6 Å². The van der Waals surface area contributed by atoms with Gasteiger partial charge in [0.05, 0.1) is 19.8 Å². The third-order valence-electron chi connectivity index (χ3n) is 3.90. The summed E-state index contributed by atoms with van der Waals surface area (Å²) in [5.41, 5.74) is 2.31. The molecule has 0 radical (unpaired) electrons. The predicted octanol–water partition coefficient (Wildman–Crippen LogP) is 1.66. The van der Waals surface area contributed by atoms with Crippen molar-refractivity contribution in [3.8, 4) is 0 Å². The van der Waals surface area contributed by atoms with Crippen molar-refractivity contribution >= 4 is 23.3 Å². The smallest absolute Gasteiger partial charge is 0.294 e. The number of rotatable bonds is 11. The molecule has 0 heterocycles. The summed E-state index contributed by atoms with van der Waals surface area (Å²) >= 11 is 0. The molecule has 1 unspecified atom stereocenters. The summed E-state index contributed by atoms with van der Waals surface area (Å²) in [4.78, 5) is 36.7. The molecule has 1 atom stereocenters. The topological polar surface area (TPSA) is 105 Å². The van der Waals surface area contributed by atoms with Crippen molar-refractivity contribution in [3.05, 3.63) is 41.5 Å². The van der Waals surface area contributed by atoms with E-state index in [1.54, 1.807) is 19.1 Å². The number of para-hydroxylation sites is 1. The van der Waals surface area contributed by atoms with E-state index in [0.29, 0.717) is 5.69 Å². The normalized spacial score (nSPS) is 12.0. The minimum Gasteiger partial charge on any atom is -0.394 e. The molecule has 0 bridgehead atoms. The van der Waals surface area contributed by atoms with Crippen molar-refractivity contribution in [1.29, 1.82) is 0 Å². The first-order valence-electron chi connectivity index (χ1n) is 8.95. The number of aliphatic hydroxyl groups is 1. The standard InChI is InChI=1S/C20H28N2O5/c1-4-17(24)21-16(10-5-6-12-27-13-11-23)19(25)20(26)22-18-14(2)8-7-9-15(18)3/h5-9,16,23H,4,10-13H2,1-3H3,(H,21,24)(H,22,26)/b6-5-. The number of ether oxygens (including phenoxy) is 1. The Balaban J connectivity index is 2.79. The lowest BCUT2D eigenvalue weighted by molar-refractivity contribution is -0.137. The molecule has 7 nitrogen and oxygen atoms in total. The van der Waals surface area contributed by atoms with Crippen molar-refractivity contribution < 1.29 is 24.2 Å². The second-order valence-corrected chi connectivity index (χ2v) is 6.06. The Morgan fingerprint density at radius 2 is 1.85 bits per heavy atom. The second kappa shape index (κ2) is 12.0. The zero-order valence-corrected chi connectivity index (χ0v) is 16.1. The van der Waals surface area contributed by atoms with Gasteiger partial charge in [-0.15, -0.1) is 0 Å². The fraction of sp³-hybridized carbons (Fsp3) is 0.450. The second-order valence-electron chi connectivity index (χ2n) is 6.06. The number of aliphatic hydroxyl groups excluding tert-OH is 1. The van der Waals surface area contributed by atoms with Crippen molar-refractivity contribution in [3.63, 3.8) is 0 Å². The number of Topliss-reactive ketones (excluding diaryl/α,β-unsaturated/α-hetero) is 1. The minimum absolute atomic E-state index is 0.0694. The fourth-order valence-electron chi connectivity index (χ4n) is 2.39. The minimum atomic E-state index is -0.948. The van der Waals surface area contributed by atoms with Crippen LogP contribution in [0.1, 0.15) is 30.9 Å². The van der Waals surface area contributed by atoms with Crippen LogP contribution in [0.3, 0.4) is 0 Å². The summed E-state index contributed by atoms with van der Waals surface area (Å²) in [7, 11) is 0. The zero-order chi connectivity index (χ0) is 20.2. The third-order valence-corrected chi connectivity index (χ3v) is 3.90. The molecule has 148 valence electrons. The molecule has 0 saturated carbocycles. The molecule has 3 N–H and O–H groups in total. The van der Waals surface area contributed by atoms with Crippen LogP contribution in [0, 0.1) is 13.8 Å². The van der Waals surface area contributed by atoms with E-state index in [4.69, 9.17) is 9.84 Å². The molecule has 0 aliphatic heterocycles. The Kier molecular flexibility index (Phi) is 10.00. The Bertz CT molecular complexity index is 665. The van der Waals surface area contributed by atoms with Crippen LogP contribution in [0.15, 0.2) is 30.4 Å². The highest BCUT2D eigenvalue weighted by atomic mass is 16.5. The lowest BCUT2D eigenvalue weighted by Gasteiger charge is -2.17. The number of benzene rings is 1. The number of amides is 2. The van der Waals surface area contributed by atoms with E-state index in [1.807, 2.05) is 32.0 Å². The summed E-state index contributed by atoms with van der Waals surface area (Å²) in [5, 5.41) is 13.9. The molecule has 0 aliphatic carbocycles. The maximum atomic E-state index is 12.6. The number of carbonyl (C=O) groups excluding carboxylic acids is 3. The number of anilines is 1. The van der Waals surface area contributed by atoms with Crippen LogP contribution in [-0.4, -0.2) is 48.6 Å². The van der Waals surface area contributed by atoms with Gasteiger partial charge in [-0.3, -0.25) is 14.4 Å². The summed E-state index contributed by atoms with van der Waals surface area (Å²) in [6.45, 7) is 5.79. The number of ketones is 1. The lowest BCUT2D eigenvalue weighted by atomic mass is 10.1. The molecular formula is C20H28N2O5. The number of hydrogen-bond donors (Lipinski definition) is 3. The van der Waals surface area contributed by atoms with Gasteiger partial charge in [0.15, 0.2) is 0 Å². The molecule has 1 aromatic rings. The van der Waals surface area contributed by atoms with E-state index in [9.17, 15) is 14.4 Å². The molecule has 0 spiro atoms. The van der Waals surface area contributed by atoms with Gasteiger partial charge in [-0.05, 0) is 31.4 Å². The number of hydrogen-bond acceptors (Lipinski definition) is 5. The van der Waals surface area contributed by atoms with E-state index in [1.165, 1.54) is 0 Å². The van der Waals surface area contributed by atoms with Gasteiger partial charge in [0.2, 0.25) is 11.7 Å². The molecule has 1 aromatic carbocycles. The predicted molar refractivity (Wildman–Crippen MR) is 103 cm³/mol. The summed E-state index contributed by atoms with van der Waals surface area (Å²) < 4.78 is 5.09. The number of aryl methyl sites for hydroxylation is 2. The summed E-state index contributed by atoms with van der Waals surface area (Å²) in [5.74, 6) is -1.78. The Morgan fingerprint density at radius 3 is 2.44 bits per heavy atom. The molecule has 0 aliphatic rings. The molecule has 2 amide bonds. The molecular weight excluding hydrogens is 348 g/mol. The van der Waals surface area contributed by atoms with Crippen molar-refractivity contribution in [2.45, 2.75) is 39.7 Å². The first kappa shape index (κ1) is 22.5. The molecule has 0 aromatic heterocycles. The van der Waals surface area contributed by atoms with Crippen molar-refractivity contribution in [2.75, 3.05) is 25.1 Å². The third kappa shape index (κ3) is 7.72. The van der Waals surface area contributed by atoms with Crippen LogP contribution in [0.2, 0.25) is 0 Å². The van der Waals surface area contributed by atoms with Gasteiger partial charge in [-0.25, -0.2) is 0 Å². The average Bonchev–Trinajstić information content (AvgIpc) is 2.65. The van der Waals surface area contributed by atoms with Crippen LogP contribution in [0.25, 0.3) is 0 Å². The Labute approximate surface area is 159 Å². The van der Waals surface area contributed by atoms with Gasteiger partial charge in [0, 0.05) is 12.1 Å². The zero-order valence-electron chi connectivity index (χ0n) is 16.1. The van der Waals surface area contributed by atoms with Crippen LogP contribution >= 0.6 is 0 Å². The van der Waals surface area contributed by atoms with E-state index >= 15 is 0 Å². The van der Waals surface area contributed by atoms with Gasteiger partial charge < -0.3 is 20.5 Å². The van der Waals surface area contributed by atoms with Crippen LogP contribution < -0.4 is 10.6 Å². The molecule has 0 fully saturated rings. The number of nitrogens with one attached hydrogen (secondary N) is 2. The molecule has 1 rings (SSSR count). The highest BCUT2D eigenvalue weighted by Crippen LogP contribution is 2.19. The first-order valence-corrected chi connectivity index (χ1v) is 8.95. The quantitative estimate of drug-likeness (QED) is 0.309. The Hall–Kier alpha value is -2.51. The van der Waals surface area contributed by atoms with Gasteiger partial charge in [-0.1, -0.05) is 37.3 Å². The van der Waals surface area contributed by atoms with Crippen molar-refractivity contribution in [1.82, 2.24) is 5.32 Å². The molecule has 27 heavy (non-hydrogen) atoms. The van der Waals surface area contributed by atoms with Crippen LogP contribution in [0.5, 0.6) is 0 Å². The highest BCUT2D eigenvalue weighted by Gasteiger charge is 2.26. The fourth-order valence-corrected chi connectivity index (χ4v) is 2.39. The number of carbonyl (C=O) groups is 3. The largest absolute Gasteiger partial charge is 0.394 e. The maximum Gasteiger partial charge on any atom is 0.294 e. The summed E-state index contributed by atoms with van der Waals surface area (Å²) in [6, 6.07) is 4.61. The van der Waals surface area contributed by atoms with Gasteiger partial charge in [0.25, 0.3) is 5.91 Å². The average molecular weight is 376 g/mol. The maximum absolute atomic E-state index is 12.6. The van der Waals surface area contributed by atoms with Gasteiger partial charge >= 0.3 is 0 Å². The van der Waals surface area contributed by atoms with E-state index in [2.05, 4.69) is 10.6 Å². The van der Waals surface area contributed by atoms with Gasteiger partial charge in [0.1, 0.15) is 6.04 Å². The molecule has 7 heteroatoms. The summed E-state index contributed by atoms with van der Waals surface area (Å²) in [6.07, 6.45) is 3.73. The van der Waals surface area contributed by atoms with E-state index < -0.39 is 17.7 Å². The monoisotopic (exact) mass is 376 g/mol. The highest BCUT2D eigenvalue weighted by molar-refractivity contribution is 6.42. The lowest BCUT2D eigenvalue weighted by Crippen LogP contribution is -2.45. The van der Waals surface area contributed by atoms with Gasteiger partial charge in [-0.2, -0.15) is 0 Å². The Morgan fingerprint density at radius 1 is 1.19 bits per heavy atom.